The summed E-state index contributed by atoms with van der Waals surface area (Å²) in [5.41, 5.74) is 1.20. The molecule has 1 aromatic heterocycles. The molecule has 4 heteroatoms. The van der Waals surface area contributed by atoms with Gasteiger partial charge < -0.3 is 5.32 Å². The highest BCUT2D eigenvalue weighted by atomic mass is 15.4. The van der Waals surface area contributed by atoms with Crippen molar-refractivity contribution in [3.63, 3.8) is 0 Å². The molecule has 0 bridgehead atoms. The van der Waals surface area contributed by atoms with Crippen molar-refractivity contribution in [2.24, 2.45) is 0 Å². The molecule has 0 radical (unpaired) electrons. The zero-order valence-electron chi connectivity index (χ0n) is 8.03. The van der Waals surface area contributed by atoms with Crippen molar-refractivity contribution in [2.75, 3.05) is 0 Å². The van der Waals surface area contributed by atoms with E-state index in [4.69, 9.17) is 0 Å². The van der Waals surface area contributed by atoms with Crippen molar-refractivity contribution < 1.29 is 0 Å². The molecule has 0 amide bonds. The predicted octanol–water partition coefficient (Wildman–Crippen LogP) is 0.940. The summed E-state index contributed by atoms with van der Waals surface area (Å²) in [4.78, 5) is 0. The SMILES string of the molecule is CCCn1nncc1CNC1CC1. The third-order valence-corrected chi connectivity index (χ3v) is 2.28. The lowest BCUT2D eigenvalue weighted by Crippen LogP contribution is -2.18. The molecule has 1 aliphatic rings. The first kappa shape index (κ1) is 8.69. The Kier molecular flexibility index (Phi) is 2.59. The topological polar surface area (TPSA) is 42.7 Å². The minimum absolute atomic E-state index is 0.755. The van der Waals surface area contributed by atoms with Crippen LogP contribution in [0.1, 0.15) is 31.9 Å². The minimum atomic E-state index is 0.755. The van der Waals surface area contributed by atoms with Crippen LogP contribution in [-0.4, -0.2) is 21.0 Å². The number of nitrogens with zero attached hydrogens (tertiary/aromatic N) is 3. The summed E-state index contributed by atoms with van der Waals surface area (Å²) in [6.07, 6.45) is 5.62. The molecule has 1 saturated carbocycles. The number of aryl methyl sites for hydroxylation is 1. The molecule has 1 aromatic rings. The molecule has 0 aromatic carbocycles. The normalized spacial score (nSPS) is 16.4. The third-order valence-electron chi connectivity index (χ3n) is 2.28. The molecular weight excluding hydrogens is 164 g/mol. The van der Waals surface area contributed by atoms with E-state index >= 15 is 0 Å². The second kappa shape index (κ2) is 3.87. The summed E-state index contributed by atoms with van der Waals surface area (Å²) >= 11 is 0. The van der Waals surface area contributed by atoms with Crippen molar-refractivity contribution >= 4 is 0 Å². The summed E-state index contributed by atoms with van der Waals surface area (Å²) in [6, 6.07) is 0.755. The Morgan fingerprint density at radius 3 is 3.15 bits per heavy atom. The third kappa shape index (κ3) is 2.28. The molecule has 0 unspecified atom stereocenters. The van der Waals surface area contributed by atoms with E-state index in [0.717, 1.165) is 25.6 Å². The standard InChI is InChI=1S/C9H16N4/c1-2-5-13-9(7-11-12-13)6-10-8-3-4-8/h7-8,10H,2-6H2,1H3. The smallest absolute Gasteiger partial charge is 0.0738 e. The highest BCUT2D eigenvalue weighted by Crippen LogP contribution is 2.19. The van der Waals surface area contributed by atoms with Gasteiger partial charge in [-0.2, -0.15) is 0 Å². The lowest BCUT2D eigenvalue weighted by Gasteiger charge is -2.04. The maximum atomic E-state index is 4.03. The van der Waals surface area contributed by atoms with Gasteiger partial charge in [-0.15, -0.1) is 5.10 Å². The molecule has 1 aliphatic carbocycles. The van der Waals surface area contributed by atoms with Crippen LogP contribution in [-0.2, 0) is 13.1 Å². The molecule has 72 valence electrons. The van der Waals surface area contributed by atoms with Gasteiger partial charge in [-0.3, -0.25) is 0 Å². The summed E-state index contributed by atoms with van der Waals surface area (Å²) < 4.78 is 1.98. The fourth-order valence-electron chi connectivity index (χ4n) is 1.35. The van der Waals surface area contributed by atoms with E-state index in [2.05, 4.69) is 22.6 Å². The van der Waals surface area contributed by atoms with E-state index in [1.165, 1.54) is 18.5 Å². The van der Waals surface area contributed by atoms with Gasteiger partial charge >= 0.3 is 0 Å². The second-order valence-corrected chi connectivity index (χ2v) is 3.60. The van der Waals surface area contributed by atoms with E-state index in [-0.39, 0.29) is 0 Å². The van der Waals surface area contributed by atoms with Gasteiger partial charge in [-0.1, -0.05) is 12.1 Å². The predicted molar refractivity (Wildman–Crippen MR) is 50.2 cm³/mol. The molecule has 0 aliphatic heterocycles. The van der Waals surface area contributed by atoms with Crippen molar-refractivity contribution in [2.45, 2.75) is 45.3 Å². The van der Waals surface area contributed by atoms with Gasteiger partial charge in [0.25, 0.3) is 0 Å². The van der Waals surface area contributed by atoms with Crippen LogP contribution in [0.4, 0.5) is 0 Å². The van der Waals surface area contributed by atoms with Gasteiger partial charge in [0.15, 0.2) is 0 Å². The summed E-state index contributed by atoms with van der Waals surface area (Å²) in [7, 11) is 0. The van der Waals surface area contributed by atoms with Crippen LogP contribution in [0, 0.1) is 0 Å². The first-order chi connectivity index (χ1) is 6.40. The van der Waals surface area contributed by atoms with E-state index in [1.807, 2.05) is 10.9 Å². The maximum Gasteiger partial charge on any atom is 0.0738 e. The Hall–Kier alpha value is -0.900. The fourth-order valence-corrected chi connectivity index (χ4v) is 1.35. The lowest BCUT2D eigenvalue weighted by atomic mass is 10.4. The molecule has 1 heterocycles. The highest BCUT2D eigenvalue weighted by molar-refractivity contribution is 4.95. The average molecular weight is 180 g/mol. The van der Waals surface area contributed by atoms with Crippen molar-refractivity contribution in [3.8, 4) is 0 Å². The molecule has 4 nitrogen and oxygen atoms in total. The van der Waals surface area contributed by atoms with Crippen LogP contribution in [0.5, 0.6) is 0 Å². The Balaban J connectivity index is 1.88. The first-order valence-corrected chi connectivity index (χ1v) is 5.01. The van der Waals surface area contributed by atoms with Crippen molar-refractivity contribution in [3.05, 3.63) is 11.9 Å². The van der Waals surface area contributed by atoms with Crippen LogP contribution in [0.3, 0.4) is 0 Å². The zero-order valence-corrected chi connectivity index (χ0v) is 8.03. The average Bonchev–Trinajstić information content (AvgIpc) is 2.86. The van der Waals surface area contributed by atoms with Crippen LogP contribution in [0.15, 0.2) is 6.20 Å². The van der Waals surface area contributed by atoms with Crippen LogP contribution < -0.4 is 5.32 Å². The number of nitrogens with one attached hydrogen (secondary N) is 1. The van der Waals surface area contributed by atoms with Gasteiger partial charge in [0.05, 0.1) is 11.9 Å². The number of hydrogen-bond acceptors (Lipinski definition) is 3. The monoisotopic (exact) mass is 180 g/mol. The van der Waals surface area contributed by atoms with E-state index in [9.17, 15) is 0 Å². The highest BCUT2D eigenvalue weighted by Gasteiger charge is 2.20. The molecule has 1 N–H and O–H groups in total. The lowest BCUT2D eigenvalue weighted by molar-refractivity contribution is 0.535. The largest absolute Gasteiger partial charge is 0.308 e. The van der Waals surface area contributed by atoms with Crippen LogP contribution >= 0.6 is 0 Å². The second-order valence-electron chi connectivity index (χ2n) is 3.60. The minimum Gasteiger partial charge on any atom is -0.308 e. The first-order valence-electron chi connectivity index (χ1n) is 5.01. The maximum absolute atomic E-state index is 4.03. The number of hydrogen-bond donors (Lipinski definition) is 1. The van der Waals surface area contributed by atoms with Crippen LogP contribution in [0.2, 0.25) is 0 Å². The van der Waals surface area contributed by atoms with Gasteiger partial charge in [0.2, 0.25) is 0 Å². The summed E-state index contributed by atoms with van der Waals surface area (Å²) in [5.74, 6) is 0. The Morgan fingerprint density at radius 1 is 1.62 bits per heavy atom. The quantitative estimate of drug-likeness (QED) is 0.733. The van der Waals surface area contributed by atoms with Crippen LogP contribution in [0.25, 0.3) is 0 Å². The molecule has 2 rings (SSSR count). The van der Waals surface area contributed by atoms with Crippen molar-refractivity contribution in [1.82, 2.24) is 20.3 Å². The number of rotatable bonds is 5. The molecule has 0 saturated heterocycles. The summed E-state index contributed by atoms with van der Waals surface area (Å²) in [6.45, 7) is 4.04. The Bertz CT molecular complexity index is 264. The van der Waals surface area contributed by atoms with Gasteiger partial charge in [0, 0.05) is 19.1 Å². The molecule has 0 atom stereocenters. The van der Waals surface area contributed by atoms with Crippen molar-refractivity contribution in [1.29, 1.82) is 0 Å². The summed E-state index contributed by atoms with van der Waals surface area (Å²) in [5, 5.41) is 11.4. The van der Waals surface area contributed by atoms with Gasteiger partial charge in [-0.05, 0) is 19.3 Å². The molecular formula is C9H16N4. The Labute approximate surface area is 78.3 Å². The van der Waals surface area contributed by atoms with E-state index < -0.39 is 0 Å². The van der Waals surface area contributed by atoms with E-state index in [0.29, 0.717) is 0 Å². The zero-order chi connectivity index (χ0) is 9.10. The molecule has 13 heavy (non-hydrogen) atoms. The van der Waals surface area contributed by atoms with E-state index in [1.54, 1.807) is 0 Å². The molecule has 0 spiro atoms. The molecule has 1 fully saturated rings. The Morgan fingerprint density at radius 2 is 2.46 bits per heavy atom. The number of aromatic nitrogens is 3. The fraction of sp³-hybridized carbons (Fsp3) is 0.778. The van der Waals surface area contributed by atoms with Gasteiger partial charge in [0.1, 0.15) is 0 Å². The van der Waals surface area contributed by atoms with Gasteiger partial charge in [-0.25, -0.2) is 4.68 Å².